The molecule has 2 fully saturated rings. The van der Waals surface area contributed by atoms with Gasteiger partial charge in [0.1, 0.15) is 11.2 Å². The fraction of sp³-hybridized carbons (Fsp3) is 0.588. The van der Waals surface area contributed by atoms with E-state index in [0.29, 0.717) is 18.4 Å². The van der Waals surface area contributed by atoms with E-state index in [0.717, 1.165) is 12.5 Å². The van der Waals surface area contributed by atoms with Crippen molar-refractivity contribution in [3.8, 4) is 0 Å². The molecule has 1 aromatic rings. The number of aryl methyl sites for hydroxylation is 1. The average Bonchev–Trinajstić information content (AvgIpc) is 2.88. The second-order valence-electron chi connectivity index (χ2n) is 6.95. The monoisotopic (exact) mass is 311 g/mol. The molecule has 0 saturated carbocycles. The van der Waals surface area contributed by atoms with Crippen LogP contribution in [0.1, 0.15) is 50.3 Å². The number of hydrogen-bond donors (Lipinski definition) is 0. The summed E-state index contributed by atoms with van der Waals surface area (Å²) in [7, 11) is 0. The molecule has 0 spiro atoms. The Kier molecular flexibility index (Phi) is 3.31. The molecule has 2 aliphatic rings. The summed E-state index contributed by atoms with van der Waals surface area (Å²) in [6.07, 6.45) is 1.56. The molecular weight excluding hydrogens is 291 g/mol. The molecule has 3 rings (SSSR count). The standard InChI is InChI=1S/C17H20F3NO/c1-10-6-11(8-12(18)7-10)14-5-4-13-9-16(2,17(3,19)20)15(22)21(13)14/h6-8,13-14H,4-5,9H2,1-3H3/t13-,14-,16?/m1/s1. The zero-order valence-electron chi connectivity index (χ0n) is 13.0. The van der Waals surface area contributed by atoms with Crippen LogP contribution in [-0.2, 0) is 4.79 Å². The molecule has 3 atom stereocenters. The van der Waals surface area contributed by atoms with Crippen molar-refractivity contribution in [2.24, 2.45) is 5.41 Å². The van der Waals surface area contributed by atoms with Crippen LogP contribution in [0.3, 0.4) is 0 Å². The van der Waals surface area contributed by atoms with Crippen LogP contribution in [-0.4, -0.2) is 22.8 Å². The van der Waals surface area contributed by atoms with E-state index in [4.69, 9.17) is 0 Å². The second-order valence-corrected chi connectivity index (χ2v) is 6.95. The lowest BCUT2D eigenvalue weighted by atomic mass is 9.80. The highest BCUT2D eigenvalue weighted by Gasteiger charge is 2.62. The van der Waals surface area contributed by atoms with Gasteiger partial charge in [-0.3, -0.25) is 4.79 Å². The molecule has 2 aliphatic heterocycles. The third kappa shape index (κ3) is 2.13. The average molecular weight is 311 g/mol. The Morgan fingerprint density at radius 2 is 1.95 bits per heavy atom. The second kappa shape index (κ2) is 4.74. The lowest BCUT2D eigenvalue weighted by molar-refractivity contribution is -0.156. The predicted molar refractivity (Wildman–Crippen MR) is 77.1 cm³/mol. The van der Waals surface area contributed by atoms with E-state index < -0.39 is 17.2 Å². The molecular formula is C17H20F3NO. The maximum atomic E-state index is 13.9. The summed E-state index contributed by atoms with van der Waals surface area (Å²) in [4.78, 5) is 14.2. The SMILES string of the molecule is Cc1cc(F)cc([C@H]2CC[C@@H]3CC(C)(C(C)(F)F)C(=O)N32)c1. The van der Waals surface area contributed by atoms with Crippen LogP contribution in [0.5, 0.6) is 0 Å². The molecule has 1 aromatic carbocycles. The van der Waals surface area contributed by atoms with Crippen LogP contribution in [0.25, 0.3) is 0 Å². The number of carbonyl (C=O) groups excluding carboxylic acids is 1. The van der Waals surface area contributed by atoms with Gasteiger partial charge in [-0.05, 0) is 56.4 Å². The lowest BCUT2D eigenvalue weighted by Crippen LogP contribution is -2.44. The van der Waals surface area contributed by atoms with Crippen molar-refractivity contribution in [1.29, 1.82) is 0 Å². The van der Waals surface area contributed by atoms with Gasteiger partial charge in [-0.25, -0.2) is 13.2 Å². The Balaban J connectivity index is 1.97. The van der Waals surface area contributed by atoms with Crippen molar-refractivity contribution < 1.29 is 18.0 Å². The van der Waals surface area contributed by atoms with Gasteiger partial charge in [0, 0.05) is 13.0 Å². The number of nitrogens with zero attached hydrogens (tertiary/aromatic N) is 1. The first-order valence-corrected chi connectivity index (χ1v) is 7.61. The molecule has 0 aliphatic carbocycles. The van der Waals surface area contributed by atoms with Crippen LogP contribution >= 0.6 is 0 Å². The van der Waals surface area contributed by atoms with E-state index in [1.54, 1.807) is 11.8 Å². The number of halogens is 3. The van der Waals surface area contributed by atoms with Gasteiger partial charge in [0.15, 0.2) is 0 Å². The summed E-state index contributed by atoms with van der Waals surface area (Å²) in [6.45, 7) is 3.95. The van der Waals surface area contributed by atoms with Crippen molar-refractivity contribution in [2.75, 3.05) is 0 Å². The van der Waals surface area contributed by atoms with E-state index >= 15 is 0 Å². The first-order chi connectivity index (χ1) is 10.1. The lowest BCUT2D eigenvalue weighted by Gasteiger charge is -2.31. The maximum absolute atomic E-state index is 13.9. The number of hydrogen-bond acceptors (Lipinski definition) is 1. The Morgan fingerprint density at radius 1 is 1.27 bits per heavy atom. The minimum Gasteiger partial charge on any atom is -0.332 e. The molecule has 0 aromatic heterocycles. The van der Waals surface area contributed by atoms with Crippen LogP contribution in [0.2, 0.25) is 0 Å². The summed E-state index contributed by atoms with van der Waals surface area (Å²) in [5.74, 6) is -3.92. The van der Waals surface area contributed by atoms with Crippen molar-refractivity contribution >= 4 is 5.91 Å². The minimum absolute atomic E-state index is 0.167. The van der Waals surface area contributed by atoms with E-state index in [-0.39, 0.29) is 24.3 Å². The van der Waals surface area contributed by atoms with E-state index in [9.17, 15) is 18.0 Å². The first-order valence-electron chi connectivity index (χ1n) is 7.61. The zero-order chi connectivity index (χ0) is 16.3. The molecule has 0 bridgehead atoms. The predicted octanol–water partition coefficient (Wildman–Crippen LogP) is 4.23. The van der Waals surface area contributed by atoms with Crippen LogP contribution < -0.4 is 0 Å². The molecule has 0 N–H and O–H groups in total. The molecule has 120 valence electrons. The summed E-state index contributed by atoms with van der Waals surface area (Å²) in [5.41, 5.74) is -0.177. The summed E-state index contributed by atoms with van der Waals surface area (Å²) in [5, 5.41) is 0. The first kappa shape index (κ1) is 15.4. The number of carbonyl (C=O) groups is 1. The summed E-state index contributed by atoms with van der Waals surface area (Å²) in [6, 6.07) is 4.20. The smallest absolute Gasteiger partial charge is 0.259 e. The van der Waals surface area contributed by atoms with E-state index in [1.807, 2.05) is 6.07 Å². The number of benzene rings is 1. The highest BCUT2D eigenvalue weighted by Crippen LogP contribution is 2.54. The van der Waals surface area contributed by atoms with E-state index in [1.165, 1.54) is 19.1 Å². The van der Waals surface area contributed by atoms with Crippen molar-refractivity contribution in [1.82, 2.24) is 4.90 Å². The third-order valence-corrected chi connectivity index (χ3v) is 5.27. The molecule has 22 heavy (non-hydrogen) atoms. The largest absolute Gasteiger partial charge is 0.332 e. The van der Waals surface area contributed by atoms with Gasteiger partial charge in [-0.2, -0.15) is 0 Å². The Bertz CT molecular complexity index is 605. The zero-order valence-corrected chi connectivity index (χ0v) is 13.0. The number of alkyl halides is 2. The number of fused-ring (bicyclic) bond motifs is 1. The molecule has 5 heteroatoms. The van der Waals surface area contributed by atoms with Gasteiger partial charge in [0.2, 0.25) is 5.91 Å². The molecule has 2 nitrogen and oxygen atoms in total. The van der Waals surface area contributed by atoms with Crippen LogP contribution in [0.4, 0.5) is 13.2 Å². The van der Waals surface area contributed by atoms with Gasteiger partial charge in [-0.15, -0.1) is 0 Å². The van der Waals surface area contributed by atoms with Gasteiger partial charge in [-0.1, -0.05) is 6.07 Å². The normalized spacial score (nSPS) is 31.7. The van der Waals surface area contributed by atoms with Crippen LogP contribution in [0, 0.1) is 18.2 Å². The van der Waals surface area contributed by atoms with E-state index in [2.05, 4.69) is 0 Å². The summed E-state index contributed by atoms with van der Waals surface area (Å²) >= 11 is 0. The van der Waals surface area contributed by atoms with Crippen molar-refractivity contribution in [3.63, 3.8) is 0 Å². The van der Waals surface area contributed by atoms with Crippen molar-refractivity contribution in [2.45, 2.75) is 58.0 Å². The highest BCUT2D eigenvalue weighted by molar-refractivity contribution is 5.87. The highest BCUT2D eigenvalue weighted by atomic mass is 19.3. The third-order valence-electron chi connectivity index (χ3n) is 5.27. The molecule has 1 unspecified atom stereocenters. The Labute approximate surface area is 128 Å². The maximum Gasteiger partial charge on any atom is 0.259 e. The Hall–Kier alpha value is -1.52. The van der Waals surface area contributed by atoms with Crippen molar-refractivity contribution in [3.05, 3.63) is 35.1 Å². The van der Waals surface area contributed by atoms with Gasteiger partial charge < -0.3 is 4.90 Å². The molecule has 2 saturated heterocycles. The number of amides is 1. The quantitative estimate of drug-likeness (QED) is 0.800. The van der Waals surface area contributed by atoms with Gasteiger partial charge in [0.05, 0.1) is 6.04 Å². The summed E-state index contributed by atoms with van der Waals surface area (Å²) < 4.78 is 41.5. The molecule has 0 radical (unpaired) electrons. The fourth-order valence-electron chi connectivity index (χ4n) is 3.89. The number of rotatable bonds is 2. The Morgan fingerprint density at radius 3 is 2.55 bits per heavy atom. The molecule has 2 heterocycles. The van der Waals surface area contributed by atoms with Gasteiger partial charge >= 0.3 is 0 Å². The molecule has 1 amide bonds. The fourth-order valence-corrected chi connectivity index (χ4v) is 3.89. The minimum atomic E-state index is -3.06. The van der Waals surface area contributed by atoms with Gasteiger partial charge in [0.25, 0.3) is 5.92 Å². The van der Waals surface area contributed by atoms with Crippen LogP contribution in [0.15, 0.2) is 18.2 Å². The topological polar surface area (TPSA) is 20.3 Å².